The van der Waals surface area contributed by atoms with E-state index in [2.05, 4.69) is 10.4 Å². The van der Waals surface area contributed by atoms with Gasteiger partial charge in [0.25, 0.3) is 0 Å². The van der Waals surface area contributed by atoms with Crippen LogP contribution < -0.4 is 10.5 Å². The highest BCUT2D eigenvalue weighted by Gasteiger charge is 2.26. The first-order valence-corrected chi connectivity index (χ1v) is 7.51. The largest absolute Gasteiger partial charge is 0.392 e. The highest BCUT2D eigenvalue weighted by atomic mass is 31.2. The highest BCUT2D eigenvalue weighted by Crippen LogP contribution is 2.49. The van der Waals surface area contributed by atoms with Crippen LogP contribution in [0.3, 0.4) is 0 Å². The summed E-state index contributed by atoms with van der Waals surface area (Å²) in [6.45, 7) is 0. The zero-order valence-corrected chi connectivity index (χ0v) is 13.0. The molecule has 0 saturated heterocycles. The van der Waals surface area contributed by atoms with Crippen LogP contribution in [0.2, 0.25) is 0 Å². The molecule has 1 aromatic rings. The Bertz CT molecular complexity index is 414. The van der Waals surface area contributed by atoms with Gasteiger partial charge in [-0.1, -0.05) is 30.3 Å². The second-order valence-corrected chi connectivity index (χ2v) is 8.10. The maximum Gasteiger partial charge on any atom is 0.176 e. The quantitative estimate of drug-likeness (QED) is 0.503. The van der Waals surface area contributed by atoms with E-state index in [4.69, 9.17) is 0 Å². The Kier molecular flexibility index (Phi) is 4.36. The summed E-state index contributed by atoms with van der Waals surface area (Å²) in [6, 6.07) is 9.37. The van der Waals surface area contributed by atoms with Crippen molar-refractivity contribution in [1.29, 1.82) is 0 Å². The van der Waals surface area contributed by atoms with Gasteiger partial charge in [0.05, 0.1) is 42.3 Å². The van der Waals surface area contributed by atoms with E-state index in [1.807, 2.05) is 72.6 Å². The predicted octanol–water partition coefficient (Wildman–Crippen LogP) is 1.71. The molecule has 0 spiro atoms. The summed E-state index contributed by atoms with van der Waals surface area (Å²) in [7, 11) is 8.49. The standard InChI is InChI=1S/C12H24N4OP/c1-15(2,3)13-18(17,14-16(4,5)6)12-10-8-7-9-11-12/h7-11H,1-6H3,(H,13,17)/q+1. The van der Waals surface area contributed by atoms with E-state index >= 15 is 0 Å². The van der Waals surface area contributed by atoms with Gasteiger partial charge in [-0.05, 0) is 0 Å². The Morgan fingerprint density at radius 3 is 1.89 bits per heavy atom. The van der Waals surface area contributed by atoms with Crippen molar-refractivity contribution >= 4 is 12.7 Å². The Morgan fingerprint density at radius 1 is 1.00 bits per heavy atom. The minimum absolute atomic E-state index is 0.291. The van der Waals surface area contributed by atoms with Crippen LogP contribution in [-0.4, -0.2) is 51.5 Å². The lowest BCUT2D eigenvalue weighted by atomic mass is 10.4. The van der Waals surface area contributed by atoms with Gasteiger partial charge in [-0.3, -0.25) is 0 Å². The average molecular weight is 271 g/mol. The molecule has 0 heterocycles. The molecule has 0 saturated carbocycles. The van der Waals surface area contributed by atoms with Gasteiger partial charge in [0, 0.05) is 5.30 Å². The van der Waals surface area contributed by atoms with Gasteiger partial charge in [-0.25, -0.2) is 4.59 Å². The minimum atomic E-state index is -3.00. The molecule has 0 aromatic heterocycles. The van der Waals surface area contributed by atoms with Crippen LogP contribution in [0.1, 0.15) is 0 Å². The fourth-order valence-electron chi connectivity index (χ4n) is 1.54. The number of nitrogens with one attached hydrogen (secondary N) is 1. The number of rotatable bonds is 5. The molecule has 0 bridgehead atoms. The molecule has 1 rings (SSSR count). The highest BCUT2D eigenvalue weighted by molar-refractivity contribution is 7.71. The van der Waals surface area contributed by atoms with Gasteiger partial charge in [0.15, 0.2) is 7.44 Å². The molecule has 6 heteroatoms. The smallest absolute Gasteiger partial charge is 0.176 e. The van der Waals surface area contributed by atoms with Crippen LogP contribution >= 0.6 is 7.44 Å². The van der Waals surface area contributed by atoms with E-state index in [0.29, 0.717) is 9.18 Å². The number of hydrogen-bond acceptors (Lipinski definition) is 1. The monoisotopic (exact) mass is 271 g/mol. The second kappa shape index (κ2) is 5.11. The Balaban J connectivity index is 3.14. The average Bonchev–Trinajstić information content (AvgIpc) is 2.13. The van der Waals surface area contributed by atoms with Crippen molar-refractivity contribution in [3.8, 4) is 0 Å². The van der Waals surface area contributed by atoms with E-state index in [1.165, 1.54) is 0 Å². The summed E-state index contributed by atoms with van der Waals surface area (Å²) in [5.74, 6) is 0. The van der Waals surface area contributed by atoms with Gasteiger partial charge in [-0.15, -0.1) is 5.20 Å². The van der Waals surface area contributed by atoms with Crippen LogP contribution in [0.15, 0.2) is 30.3 Å². The molecule has 1 aromatic carbocycles. The third-order valence-corrected chi connectivity index (χ3v) is 4.59. The third kappa shape index (κ3) is 4.88. The second-order valence-electron chi connectivity index (χ2n) is 6.06. The first-order chi connectivity index (χ1) is 8.02. The van der Waals surface area contributed by atoms with Crippen molar-refractivity contribution < 1.29 is 13.7 Å². The van der Waals surface area contributed by atoms with E-state index in [1.54, 1.807) is 0 Å². The molecule has 0 amide bonds. The molecule has 0 aliphatic heterocycles. The van der Waals surface area contributed by atoms with Gasteiger partial charge >= 0.3 is 0 Å². The van der Waals surface area contributed by atoms with E-state index in [9.17, 15) is 4.57 Å². The maximum absolute atomic E-state index is 13.1. The Hall–Kier alpha value is -0.710. The van der Waals surface area contributed by atoms with Crippen LogP contribution in [0.25, 0.3) is 5.20 Å². The lowest BCUT2D eigenvalue weighted by Gasteiger charge is -2.45. The van der Waals surface area contributed by atoms with Crippen molar-refractivity contribution in [2.24, 2.45) is 0 Å². The molecule has 1 atom stereocenters. The maximum atomic E-state index is 13.1. The lowest BCUT2D eigenvalue weighted by Crippen LogP contribution is -2.48. The van der Waals surface area contributed by atoms with E-state index < -0.39 is 7.44 Å². The van der Waals surface area contributed by atoms with Crippen molar-refractivity contribution in [2.75, 3.05) is 42.3 Å². The molecule has 0 aliphatic carbocycles. The third-order valence-electron chi connectivity index (χ3n) is 1.94. The molecule has 0 radical (unpaired) electrons. The summed E-state index contributed by atoms with van der Waals surface area (Å²) < 4.78 is 13.8. The van der Waals surface area contributed by atoms with Gasteiger partial charge < -0.3 is 14.4 Å². The van der Waals surface area contributed by atoms with Crippen molar-refractivity contribution in [1.82, 2.24) is 5.20 Å². The molecular weight excluding hydrogens is 247 g/mol. The summed E-state index contributed by atoms with van der Waals surface area (Å²) in [6.07, 6.45) is 0. The van der Waals surface area contributed by atoms with Gasteiger partial charge in [0.1, 0.15) is 0 Å². The molecule has 5 nitrogen and oxygen atoms in total. The molecule has 18 heavy (non-hydrogen) atoms. The van der Waals surface area contributed by atoms with Crippen LogP contribution in [0, 0.1) is 0 Å². The first kappa shape index (κ1) is 15.3. The summed E-state index contributed by atoms with van der Waals surface area (Å²) in [4.78, 5) is 0. The number of hydrogen-bond donors (Lipinski definition) is 1. The van der Waals surface area contributed by atoms with Crippen molar-refractivity contribution in [2.45, 2.75) is 0 Å². The molecule has 0 aliphatic rings. The molecule has 1 unspecified atom stereocenters. The lowest BCUT2D eigenvalue weighted by molar-refractivity contribution is -0.902. The minimum Gasteiger partial charge on any atom is -0.392 e. The number of quaternary nitrogens is 2. The summed E-state index contributed by atoms with van der Waals surface area (Å²) in [5, 5.41) is 8.31. The SMILES string of the molecule is C[N+](C)(C)[N-]P(=O)(N[N+](C)(C)C)c1ccccc1. The molecule has 0 fully saturated rings. The van der Waals surface area contributed by atoms with Crippen molar-refractivity contribution in [3.05, 3.63) is 35.5 Å². The topological polar surface area (TPSA) is 43.2 Å². The summed E-state index contributed by atoms with van der Waals surface area (Å²) in [5.41, 5.74) is 0. The van der Waals surface area contributed by atoms with E-state index in [-0.39, 0.29) is 0 Å². The number of benzene rings is 1. The Labute approximate surface area is 110 Å². The van der Waals surface area contributed by atoms with Crippen LogP contribution in [0.5, 0.6) is 0 Å². The summed E-state index contributed by atoms with van der Waals surface area (Å²) >= 11 is 0. The molecule has 102 valence electrons. The normalized spacial score (nSPS) is 16.3. The van der Waals surface area contributed by atoms with Crippen LogP contribution in [0.4, 0.5) is 0 Å². The zero-order valence-electron chi connectivity index (χ0n) is 12.1. The predicted molar refractivity (Wildman–Crippen MR) is 76.2 cm³/mol. The van der Waals surface area contributed by atoms with Gasteiger partial charge in [0.2, 0.25) is 0 Å². The zero-order chi connectivity index (χ0) is 14.0. The fourth-order valence-corrected chi connectivity index (χ4v) is 3.95. The van der Waals surface area contributed by atoms with Crippen molar-refractivity contribution in [3.63, 3.8) is 0 Å². The van der Waals surface area contributed by atoms with Crippen LogP contribution in [-0.2, 0) is 4.57 Å². The number of nitrogens with zero attached hydrogens (tertiary/aromatic N) is 3. The van der Waals surface area contributed by atoms with Gasteiger partial charge in [-0.2, -0.15) is 0 Å². The molecular formula is C12H24N4OP+. The molecule has 1 N–H and O–H groups in total. The Morgan fingerprint density at radius 2 is 1.50 bits per heavy atom. The van der Waals surface area contributed by atoms with E-state index in [0.717, 1.165) is 5.30 Å². The fraction of sp³-hybridized carbons (Fsp3) is 0.500. The first-order valence-electron chi connectivity index (χ1n) is 5.85.